The molecule has 0 aliphatic heterocycles. The number of hydrazine groups is 1. The third-order valence-electron chi connectivity index (χ3n) is 1.74. The summed E-state index contributed by atoms with van der Waals surface area (Å²) < 4.78 is 1.13. The Morgan fingerprint density at radius 1 is 1.85 bits per heavy atom. The van der Waals surface area contributed by atoms with E-state index >= 15 is 0 Å². The van der Waals surface area contributed by atoms with Crippen LogP contribution in [0.25, 0.3) is 0 Å². The summed E-state index contributed by atoms with van der Waals surface area (Å²) in [5, 5.41) is 2.09. The molecule has 13 heavy (non-hydrogen) atoms. The van der Waals surface area contributed by atoms with Gasteiger partial charge >= 0.3 is 0 Å². The Hall–Kier alpha value is -0.160. The number of halogens is 1. The van der Waals surface area contributed by atoms with Crippen LogP contribution in [0.3, 0.4) is 0 Å². The molecule has 0 aromatic carbocycles. The van der Waals surface area contributed by atoms with Crippen LogP contribution in [0, 0.1) is 0 Å². The van der Waals surface area contributed by atoms with Crippen molar-refractivity contribution in [2.24, 2.45) is 5.84 Å². The van der Waals surface area contributed by atoms with E-state index in [0.29, 0.717) is 0 Å². The zero-order valence-electron chi connectivity index (χ0n) is 7.51. The molecule has 2 nitrogen and oxygen atoms in total. The molecular weight excluding hydrogens is 248 g/mol. The molecule has 0 aliphatic carbocycles. The zero-order chi connectivity index (χ0) is 9.84. The Balaban J connectivity index is 2.72. The lowest BCUT2D eigenvalue weighted by molar-refractivity contribution is 0.552. The van der Waals surface area contributed by atoms with E-state index in [1.807, 2.05) is 6.92 Å². The van der Waals surface area contributed by atoms with E-state index in [9.17, 15) is 0 Å². The maximum absolute atomic E-state index is 5.46. The van der Waals surface area contributed by atoms with Gasteiger partial charge in [0.15, 0.2) is 0 Å². The molecule has 0 bridgehead atoms. The van der Waals surface area contributed by atoms with Crippen LogP contribution in [0.1, 0.15) is 24.9 Å². The summed E-state index contributed by atoms with van der Waals surface area (Å²) >= 11 is 5.09. The number of nitrogens with two attached hydrogens (primary N) is 1. The molecule has 0 amide bonds. The van der Waals surface area contributed by atoms with Crippen molar-refractivity contribution >= 4 is 27.3 Å². The van der Waals surface area contributed by atoms with E-state index in [2.05, 4.69) is 39.4 Å². The van der Waals surface area contributed by atoms with Gasteiger partial charge in [-0.3, -0.25) is 11.3 Å². The third kappa shape index (κ3) is 3.23. The smallest absolute Gasteiger partial charge is 0.0701 e. The monoisotopic (exact) mass is 260 g/mol. The second-order valence-corrected chi connectivity index (χ2v) is 5.36. The van der Waals surface area contributed by atoms with Crippen molar-refractivity contribution in [3.05, 3.63) is 32.9 Å². The highest BCUT2D eigenvalue weighted by Crippen LogP contribution is 2.27. The zero-order valence-corrected chi connectivity index (χ0v) is 9.91. The second-order valence-electron chi connectivity index (χ2n) is 3.06. The molecule has 0 saturated carbocycles. The van der Waals surface area contributed by atoms with Crippen molar-refractivity contribution in [2.75, 3.05) is 0 Å². The first-order valence-electron chi connectivity index (χ1n) is 3.98. The molecule has 1 aromatic rings. The molecule has 1 unspecified atom stereocenters. The molecule has 1 rings (SSSR count). The fourth-order valence-electron chi connectivity index (χ4n) is 1.13. The lowest BCUT2D eigenvalue weighted by Gasteiger charge is -2.13. The SMILES string of the molecule is C=C(C)CC(NN)c1csc(Br)c1. The molecule has 3 N–H and O–H groups in total. The van der Waals surface area contributed by atoms with Gasteiger partial charge in [0.2, 0.25) is 0 Å². The Morgan fingerprint density at radius 3 is 2.92 bits per heavy atom. The van der Waals surface area contributed by atoms with E-state index in [1.165, 1.54) is 5.56 Å². The predicted octanol–water partition coefficient (Wildman–Crippen LogP) is 2.98. The van der Waals surface area contributed by atoms with Crippen molar-refractivity contribution in [3.63, 3.8) is 0 Å². The first kappa shape index (κ1) is 10.9. The molecule has 0 fully saturated rings. The first-order valence-corrected chi connectivity index (χ1v) is 5.65. The number of hydrogen-bond acceptors (Lipinski definition) is 3. The van der Waals surface area contributed by atoms with Crippen LogP contribution in [-0.4, -0.2) is 0 Å². The van der Waals surface area contributed by atoms with Crippen molar-refractivity contribution in [3.8, 4) is 0 Å². The van der Waals surface area contributed by atoms with Crippen LogP contribution in [0.4, 0.5) is 0 Å². The number of hydrogen-bond donors (Lipinski definition) is 2. The summed E-state index contributed by atoms with van der Waals surface area (Å²) in [4.78, 5) is 0. The standard InChI is InChI=1S/C9H13BrN2S/c1-6(2)3-8(12-11)7-4-9(10)13-5-7/h4-5,8,12H,1,3,11H2,2H3. The van der Waals surface area contributed by atoms with Crippen molar-refractivity contribution < 1.29 is 0 Å². The largest absolute Gasteiger partial charge is 0.271 e. The fourth-order valence-corrected chi connectivity index (χ4v) is 2.36. The van der Waals surface area contributed by atoms with Crippen LogP contribution < -0.4 is 11.3 Å². The van der Waals surface area contributed by atoms with Gasteiger partial charge in [-0.2, -0.15) is 0 Å². The lowest BCUT2D eigenvalue weighted by Crippen LogP contribution is -2.27. The van der Waals surface area contributed by atoms with Crippen LogP contribution in [-0.2, 0) is 0 Å². The molecule has 1 heterocycles. The van der Waals surface area contributed by atoms with Gasteiger partial charge in [-0.1, -0.05) is 5.57 Å². The molecule has 0 aliphatic rings. The molecule has 0 spiro atoms. The van der Waals surface area contributed by atoms with Gasteiger partial charge in [0.05, 0.1) is 9.83 Å². The van der Waals surface area contributed by atoms with Gasteiger partial charge in [0.25, 0.3) is 0 Å². The van der Waals surface area contributed by atoms with E-state index in [-0.39, 0.29) is 6.04 Å². The van der Waals surface area contributed by atoms with Gasteiger partial charge in [-0.15, -0.1) is 17.9 Å². The summed E-state index contributed by atoms with van der Waals surface area (Å²) in [6.07, 6.45) is 0.875. The summed E-state index contributed by atoms with van der Waals surface area (Å²) in [5.74, 6) is 5.46. The Labute approximate surface area is 90.9 Å². The van der Waals surface area contributed by atoms with E-state index < -0.39 is 0 Å². The average Bonchev–Trinajstić information content (AvgIpc) is 2.47. The molecule has 4 heteroatoms. The predicted molar refractivity (Wildman–Crippen MR) is 61.5 cm³/mol. The molecule has 0 saturated heterocycles. The quantitative estimate of drug-likeness (QED) is 0.496. The van der Waals surface area contributed by atoms with Gasteiger partial charge in [-0.05, 0) is 46.3 Å². The van der Waals surface area contributed by atoms with Crippen LogP contribution in [0.5, 0.6) is 0 Å². The highest BCUT2D eigenvalue weighted by atomic mass is 79.9. The highest BCUT2D eigenvalue weighted by Gasteiger charge is 2.10. The minimum absolute atomic E-state index is 0.181. The maximum Gasteiger partial charge on any atom is 0.0701 e. The van der Waals surface area contributed by atoms with Crippen LogP contribution in [0.2, 0.25) is 0 Å². The Bertz CT molecular complexity index is 296. The van der Waals surface area contributed by atoms with Gasteiger partial charge in [0.1, 0.15) is 0 Å². The van der Waals surface area contributed by atoms with Crippen molar-refractivity contribution in [1.29, 1.82) is 0 Å². The lowest BCUT2D eigenvalue weighted by atomic mass is 10.0. The molecule has 1 aromatic heterocycles. The first-order chi connectivity index (χ1) is 6.13. The average molecular weight is 261 g/mol. The van der Waals surface area contributed by atoms with Crippen molar-refractivity contribution in [2.45, 2.75) is 19.4 Å². The summed E-state index contributed by atoms with van der Waals surface area (Å²) in [5.41, 5.74) is 5.13. The van der Waals surface area contributed by atoms with Crippen molar-refractivity contribution in [1.82, 2.24) is 5.43 Å². The topological polar surface area (TPSA) is 38.0 Å². The molecule has 72 valence electrons. The number of nitrogens with one attached hydrogen (secondary N) is 1. The molecule has 0 radical (unpaired) electrons. The summed E-state index contributed by atoms with van der Waals surface area (Å²) in [6, 6.07) is 2.26. The summed E-state index contributed by atoms with van der Waals surface area (Å²) in [7, 11) is 0. The fraction of sp³-hybridized carbons (Fsp3) is 0.333. The van der Waals surface area contributed by atoms with Gasteiger partial charge < -0.3 is 0 Å². The van der Waals surface area contributed by atoms with E-state index in [4.69, 9.17) is 5.84 Å². The Morgan fingerprint density at radius 2 is 2.54 bits per heavy atom. The summed E-state index contributed by atoms with van der Waals surface area (Å²) in [6.45, 7) is 5.88. The number of rotatable bonds is 4. The number of thiophene rings is 1. The van der Waals surface area contributed by atoms with E-state index in [0.717, 1.165) is 15.8 Å². The molecule has 1 atom stereocenters. The van der Waals surface area contributed by atoms with Gasteiger partial charge in [-0.25, -0.2) is 0 Å². The highest BCUT2D eigenvalue weighted by molar-refractivity contribution is 9.11. The van der Waals surface area contributed by atoms with E-state index in [1.54, 1.807) is 11.3 Å². The van der Waals surface area contributed by atoms with Gasteiger partial charge in [0, 0.05) is 0 Å². The normalized spacial score (nSPS) is 12.8. The van der Waals surface area contributed by atoms with Crippen LogP contribution >= 0.6 is 27.3 Å². The Kier molecular flexibility index (Phi) is 4.12. The second kappa shape index (κ2) is 4.91. The maximum atomic E-state index is 5.46. The van der Waals surface area contributed by atoms with Crippen LogP contribution in [0.15, 0.2) is 27.4 Å². The minimum Gasteiger partial charge on any atom is -0.271 e. The third-order valence-corrected chi connectivity index (χ3v) is 3.27. The minimum atomic E-state index is 0.181. The molecular formula is C9H13BrN2S.